The van der Waals surface area contributed by atoms with Crippen LogP contribution >= 0.6 is 11.8 Å². The maximum Gasteiger partial charge on any atom is 0.251 e. The third-order valence-electron chi connectivity index (χ3n) is 6.17. The van der Waals surface area contributed by atoms with Gasteiger partial charge in [0, 0.05) is 25.2 Å². The number of benzene rings is 1. The molecule has 0 unspecified atom stereocenters. The van der Waals surface area contributed by atoms with E-state index in [-0.39, 0.29) is 5.91 Å². The van der Waals surface area contributed by atoms with E-state index >= 15 is 0 Å². The Morgan fingerprint density at radius 2 is 1.66 bits per heavy atom. The molecule has 1 aromatic carbocycles. The Morgan fingerprint density at radius 3 is 2.29 bits per heavy atom. The van der Waals surface area contributed by atoms with Crippen molar-refractivity contribution in [3.63, 3.8) is 0 Å². The first kappa shape index (κ1) is 27.8. The Kier molecular flexibility index (Phi) is 9.91. The lowest BCUT2D eigenvalue weighted by Gasteiger charge is -2.28. The second-order valence-electron chi connectivity index (χ2n) is 8.77. The number of nitrogens with one attached hydrogen (secondary N) is 1. The number of aromatic nitrogens is 4. The molecule has 0 saturated carbocycles. The normalized spacial score (nSPS) is 13.5. The van der Waals surface area contributed by atoms with E-state index in [2.05, 4.69) is 22.2 Å². The van der Waals surface area contributed by atoms with Crippen LogP contribution in [0.4, 0.5) is 5.82 Å². The van der Waals surface area contributed by atoms with Gasteiger partial charge in [-0.15, -0.1) is 0 Å². The molecule has 10 nitrogen and oxygen atoms in total. The summed E-state index contributed by atoms with van der Waals surface area (Å²) in [4.78, 5) is 25.1. The number of amides is 1. The Labute approximate surface area is 228 Å². The summed E-state index contributed by atoms with van der Waals surface area (Å²) < 4.78 is 19.1. The van der Waals surface area contributed by atoms with Gasteiger partial charge >= 0.3 is 0 Å². The summed E-state index contributed by atoms with van der Waals surface area (Å²) in [6, 6.07) is 3.39. The molecule has 206 valence electrons. The van der Waals surface area contributed by atoms with Crippen LogP contribution in [0.1, 0.15) is 57.3 Å². The number of carbonyl (C=O) groups excluding carboxylic acids is 1. The number of thioether (sulfide) groups is 1. The molecule has 0 atom stereocenters. The van der Waals surface area contributed by atoms with E-state index in [1.165, 1.54) is 19.3 Å². The van der Waals surface area contributed by atoms with Crippen molar-refractivity contribution in [1.82, 2.24) is 25.1 Å². The number of nitrogens with zero attached hydrogens (tertiary/aromatic N) is 5. The maximum atomic E-state index is 13.1. The van der Waals surface area contributed by atoms with Gasteiger partial charge in [0.1, 0.15) is 5.82 Å². The van der Waals surface area contributed by atoms with Crippen LogP contribution in [-0.4, -0.2) is 70.9 Å². The van der Waals surface area contributed by atoms with Crippen LogP contribution in [0, 0.1) is 0 Å². The van der Waals surface area contributed by atoms with Crippen molar-refractivity contribution in [3.8, 4) is 17.2 Å². The van der Waals surface area contributed by atoms with Crippen LogP contribution in [0.5, 0.6) is 17.2 Å². The fraction of sp³-hybridized carbons (Fsp3) is 0.556. The standard InChI is InChI=1S/C27H38N6O4S/c1-5-35-21-16-19(17-22(36-6-2)23(21)37-7-3)26(34)28-12-15-33-25-20(18-29-33)24(30-27(31-25)38-8-4)32-13-10-9-11-14-32/h16-18H,5-15H2,1-4H3,(H,28,34). The molecule has 0 spiro atoms. The Hall–Kier alpha value is -3.21. The number of rotatable bonds is 13. The highest BCUT2D eigenvalue weighted by atomic mass is 32.2. The molecule has 38 heavy (non-hydrogen) atoms. The Morgan fingerprint density at radius 1 is 0.974 bits per heavy atom. The number of carbonyl (C=O) groups is 1. The topological polar surface area (TPSA) is 104 Å². The van der Waals surface area contributed by atoms with Crippen LogP contribution in [-0.2, 0) is 6.54 Å². The zero-order chi connectivity index (χ0) is 26.9. The minimum absolute atomic E-state index is 0.225. The second-order valence-corrected chi connectivity index (χ2v) is 10.0. The predicted octanol–water partition coefficient (Wildman–Crippen LogP) is 4.55. The average molecular weight is 543 g/mol. The van der Waals surface area contributed by atoms with E-state index in [0.29, 0.717) is 55.7 Å². The summed E-state index contributed by atoms with van der Waals surface area (Å²) in [5, 5.41) is 9.31. The quantitative estimate of drug-likeness (QED) is 0.246. The first-order chi connectivity index (χ1) is 18.6. The molecular weight excluding hydrogens is 504 g/mol. The molecule has 2 aromatic heterocycles. The first-order valence-corrected chi connectivity index (χ1v) is 14.5. The molecule has 1 aliphatic heterocycles. The van der Waals surface area contributed by atoms with Crippen molar-refractivity contribution < 1.29 is 19.0 Å². The number of hydrogen-bond donors (Lipinski definition) is 1. The molecule has 1 N–H and O–H groups in total. The van der Waals surface area contributed by atoms with Crippen molar-refractivity contribution in [3.05, 3.63) is 23.9 Å². The minimum Gasteiger partial charge on any atom is -0.490 e. The van der Waals surface area contributed by atoms with Gasteiger partial charge in [-0.1, -0.05) is 18.7 Å². The van der Waals surface area contributed by atoms with Crippen molar-refractivity contribution >= 4 is 34.5 Å². The number of fused-ring (bicyclic) bond motifs is 1. The highest BCUT2D eigenvalue weighted by Gasteiger charge is 2.21. The fourth-order valence-corrected chi connectivity index (χ4v) is 5.08. The lowest BCUT2D eigenvalue weighted by Crippen LogP contribution is -2.30. The highest BCUT2D eigenvalue weighted by Crippen LogP contribution is 2.39. The molecule has 11 heteroatoms. The van der Waals surface area contributed by atoms with Crippen LogP contribution in [0.15, 0.2) is 23.5 Å². The molecule has 1 amide bonds. The third kappa shape index (κ3) is 6.43. The minimum atomic E-state index is -0.225. The van der Waals surface area contributed by atoms with Gasteiger partial charge in [-0.05, 0) is 57.9 Å². The summed E-state index contributed by atoms with van der Waals surface area (Å²) in [6.45, 7) is 12.0. The van der Waals surface area contributed by atoms with Gasteiger partial charge in [0.05, 0.1) is 37.9 Å². The van der Waals surface area contributed by atoms with Gasteiger partial charge in [-0.2, -0.15) is 5.10 Å². The highest BCUT2D eigenvalue weighted by molar-refractivity contribution is 7.99. The Bertz CT molecular complexity index is 1200. The second kappa shape index (κ2) is 13.5. The van der Waals surface area contributed by atoms with Crippen LogP contribution in [0.2, 0.25) is 0 Å². The molecule has 0 bridgehead atoms. The zero-order valence-electron chi connectivity index (χ0n) is 22.8. The van der Waals surface area contributed by atoms with Crippen molar-refractivity contribution in [2.45, 2.75) is 58.7 Å². The smallest absolute Gasteiger partial charge is 0.251 e. The summed E-state index contributed by atoms with van der Waals surface area (Å²) in [5.74, 6) is 3.13. The molecule has 1 fully saturated rings. The molecule has 3 aromatic rings. The van der Waals surface area contributed by atoms with Gasteiger partial charge in [0.2, 0.25) is 5.75 Å². The van der Waals surface area contributed by atoms with E-state index in [9.17, 15) is 4.79 Å². The number of hydrogen-bond acceptors (Lipinski definition) is 9. The number of anilines is 1. The van der Waals surface area contributed by atoms with E-state index in [4.69, 9.17) is 24.2 Å². The van der Waals surface area contributed by atoms with Gasteiger partial charge in [0.25, 0.3) is 5.91 Å². The zero-order valence-corrected chi connectivity index (χ0v) is 23.6. The Balaban J connectivity index is 1.52. The predicted molar refractivity (Wildman–Crippen MR) is 150 cm³/mol. The van der Waals surface area contributed by atoms with Gasteiger partial charge < -0.3 is 24.4 Å². The summed E-state index contributed by atoms with van der Waals surface area (Å²) in [6.07, 6.45) is 5.44. The largest absolute Gasteiger partial charge is 0.490 e. The molecule has 1 aliphatic rings. The molecule has 4 rings (SSSR count). The van der Waals surface area contributed by atoms with E-state index in [1.54, 1.807) is 23.9 Å². The number of ether oxygens (including phenoxy) is 3. The van der Waals surface area contributed by atoms with Gasteiger partial charge in [-0.3, -0.25) is 4.79 Å². The monoisotopic (exact) mass is 542 g/mol. The molecular formula is C27H38N6O4S. The van der Waals surface area contributed by atoms with Crippen LogP contribution < -0.4 is 24.4 Å². The van der Waals surface area contributed by atoms with Crippen molar-refractivity contribution in [2.75, 3.05) is 50.1 Å². The van der Waals surface area contributed by atoms with Gasteiger partial charge in [0.15, 0.2) is 22.3 Å². The lowest BCUT2D eigenvalue weighted by molar-refractivity contribution is 0.0951. The number of piperidine rings is 1. The molecule has 0 radical (unpaired) electrons. The fourth-order valence-electron chi connectivity index (χ4n) is 4.52. The summed E-state index contributed by atoms with van der Waals surface area (Å²) >= 11 is 1.63. The van der Waals surface area contributed by atoms with E-state index in [0.717, 1.165) is 40.9 Å². The van der Waals surface area contributed by atoms with Crippen LogP contribution in [0.3, 0.4) is 0 Å². The SMILES string of the molecule is CCOc1cc(C(=O)NCCn2ncc3c(N4CCCCC4)nc(SCC)nc32)cc(OCC)c1OCC. The summed E-state index contributed by atoms with van der Waals surface area (Å²) in [5.41, 5.74) is 1.24. The lowest BCUT2D eigenvalue weighted by atomic mass is 10.1. The third-order valence-corrected chi connectivity index (χ3v) is 6.89. The summed E-state index contributed by atoms with van der Waals surface area (Å²) in [7, 11) is 0. The van der Waals surface area contributed by atoms with Crippen LogP contribution in [0.25, 0.3) is 11.0 Å². The van der Waals surface area contributed by atoms with Gasteiger partial charge in [-0.25, -0.2) is 14.6 Å². The van der Waals surface area contributed by atoms with E-state index < -0.39 is 0 Å². The average Bonchev–Trinajstić information content (AvgIpc) is 3.33. The molecule has 1 saturated heterocycles. The van der Waals surface area contributed by atoms with Crippen molar-refractivity contribution in [2.24, 2.45) is 0 Å². The first-order valence-electron chi connectivity index (χ1n) is 13.5. The van der Waals surface area contributed by atoms with E-state index in [1.807, 2.05) is 31.6 Å². The molecule has 0 aliphatic carbocycles. The van der Waals surface area contributed by atoms with Crippen molar-refractivity contribution in [1.29, 1.82) is 0 Å². The maximum absolute atomic E-state index is 13.1. The molecule has 3 heterocycles.